The van der Waals surface area contributed by atoms with Crippen molar-refractivity contribution in [3.63, 3.8) is 0 Å². The molecular formula is C29H31F2N7O3. The Morgan fingerprint density at radius 3 is 2.63 bits per heavy atom. The van der Waals surface area contributed by atoms with Crippen LogP contribution < -0.4 is 16.0 Å². The van der Waals surface area contributed by atoms with Crippen LogP contribution >= 0.6 is 0 Å². The van der Waals surface area contributed by atoms with Crippen LogP contribution in [0.5, 0.6) is 0 Å². The molecule has 2 saturated heterocycles. The number of nitrogens with two attached hydrogens (primary N) is 1. The van der Waals surface area contributed by atoms with E-state index in [0.717, 1.165) is 11.3 Å². The number of ether oxygens (including phenoxy) is 2. The molecule has 2 aliphatic heterocycles. The maximum atomic E-state index is 15.1. The second-order valence-electron chi connectivity index (χ2n) is 10.7. The quantitative estimate of drug-likeness (QED) is 0.367. The Morgan fingerprint density at radius 2 is 1.95 bits per heavy atom. The SMILES string of the molecule is COC(=O)N[C@@H]1[C@H](N)CN(c2ccncc2Cc2ncc3ccc(-c4c(F)cc(C5COC5)cc4F)nn23)C[C@@H]1C. The first-order valence-electron chi connectivity index (χ1n) is 13.5. The van der Waals surface area contributed by atoms with Gasteiger partial charge in [-0.05, 0) is 41.8 Å². The van der Waals surface area contributed by atoms with Crippen molar-refractivity contribution in [2.24, 2.45) is 11.7 Å². The molecule has 10 nitrogen and oxygen atoms in total. The van der Waals surface area contributed by atoms with E-state index in [0.29, 0.717) is 49.6 Å². The molecule has 3 N–H and O–H groups in total. The number of carbonyl (C=O) groups is 1. The topological polar surface area (TPSA) is 120 Å². The van der Waals surface area contributed by atoms with E-state index in [9.17, 15) is 4.79 Å². The highest BCUT2D eigenvalue weighted by Gasteiger charge is 2.34. The monoisotopic (exact) mass is 563 g/mol. The molecule has 214 valence electrons. The van der Waals surface area contributed by atoms with E-state index in [1.165, 1.54) is 19.2 Å². The second kappa shape index (κ2) is 11.0. The highest BCUT2D eigenvalue weighted by Crippen LogP contribution is 2.32. The molecule has 12 heteroatoms. The second-order valence-corrected chi connectivity index (χ2v) is 10.7. The number of nitrogens with zero attached hydrogens (tertiary/aromatic N) is 5. The fourth-order valence-electron chi connectivity index (χ4n) is 5.69. The summed E-state index contributed by atoms with van der Waals surface area (Å²) in [6.07, 6.45) is 5.05. The number of pyridine rings is 1. The van der Waals surface area contributed by atoms with E-state index in [2.05, 4.69) is 25.3 Å². The van der Waals surface area contributed by atoms with Crippen LogP contribution in [0.15, 0.2) is 48.9 Å². The van der Waals surface area contributed by atoms with E-state index in [1.54, 1.807) is 35.2 Å². The molecule has 0 spiro atoms. The number of fused-ring (bicyclic) bond motifs is 1. The number of benzene rings is 1. The van der Waals surface area contributed by atoms with Gasteiger partial charge < -0.3 is 25.4 Å². The zero-order valence-corrected chi connectivity index (χ0v) is 22.8. The van der Waals surface area contributed by atoms with E-state index < -0.39 is 17.7 Å². The average Bonchev–Trinajstić information content (AvgIpc) is 3.31. The molecule has 41 heavy (non-hydrogen) atoms. The van der Waals surface area contributed by atoms with Gasteiger partial charge in [-0.1, -0.05) is 6.92 Å². The molecule has 5 heterocycles. The van der Waals surface area contributed by atoms with Gasteiger partial charge in [0.05, 0.1) is 49.3 Å². The molecule has 1 amide bonds. The van der Waals surface area contributed by atoms with Crippen molar-refractivity contribution < 1.29 is 23.0 Å². The summed E-state index contributed by atoms with van der Waals surface area (Å²) in [5.41, 5.74) is 9.60. The van der Waals surface area contributed by atoms with Crippen LogP contribution in [-0.2, 0) is 15.9 Å². The Labute approximate surface area is 235 Å². The van der Waals surface area contributed by atoms with Gasteiger partial charge in [-0.3, -0.25) is 4.98 Å². The molecule has 3 aromatic heterocycles. The van der Waals surface area contributed by atoms with Crippen molar-refractivity contribution in [3.05, 3.63) is 77.5 Å². The summed E-state index contributed by atoms with van der Waals surface area (Å²) in [4.78, 5) is 22.9. The third kappa shape index (κ3) is 5.20. The van der Waals surface area contributed by atoms with E-state index in [1.807, 2.05) is 13.0 Å². The maximum Gasteiger partial charge on any atom is 0.407 e. The van der Waals surface area contributed by atoms with Crippen molar-refractivity contribution in [1.82, 2.24) is 24.9 Å². The fourth-order valence-corrected chi connectivity index (χ4v) is 5.69. The molecular weight excluding hydrogens is 532 g/mol. The van der Waals surface area contributed by atoms with Crippen LogP contribution in [-0.4, -0.2) is 71.2 Å². The Bertz CT molecular complexity index is 1560. The van der Waals surface area contributed by atoms with Crippen LogP contribution in [0.3, 0.4) is 0 Å². The number of halogens is 2. The summed E-state index contributed by atoms with van der Waals surface area (Å²) >= 11 is 0. The van der Waals surface area contributed by atoms with Crippen LogP contribution in [0.4, 0.5) is 19.3 Å². The lowest BCUT2D eigenvalue weighted by molar-refractivity contribution is 0.00822. The molecule has 0 bridgehead atoms. The molecule has 0 radical (unpaired) electrons. The zero-order chi connectivity index (χ0) is 28.7. The minimum absolute atomic E-state index is 0.00450. The first kappa shape index (κ1) is 27.0. The van der Waals surface area contributed by atoms with Gasteiger partial charge in [-0.15, -0.1) is 0 Å². The molecule has 0 aliphatic carbocycles. The summed E-state index contributed by atoms with van der Waals surface area (Å²) < 4.78 is 41.8. The van der Waals surface area contributed by atoms with Gasteiger partial charge >= 0.3 is 6.09 Å². The van der Waals surface area contributed by atoms with E-state index in [4.69, 9.17) is 15.2 Å². The molecule has 0 unspecified atom stereocenters. The summed E-state index contributed by atoms with van der Waals surface area (Å²) in [6, 6.07) is 7.46. The van der Waals surface area contributed by atoms with Gasteiger partial charge in [0.2, 0.25) is 0 Å². The van der Waals surface area contributed by atoms with E-state index in [-0.39, 0.29) is 35.2 Å². The normalized spacial score (nSPS) is 21.1. The number of hydrogen-bond acceptors (Lipinski definition) is 8. The smallest absolute Gasteiger partial charge is 0.407 e. The van der Waals surface area contributed by atoms with Crippen LogP contribution in [0, 0.1) is 17.6 Å². The Kier molecular flexibility index (Phi) is 7.26. The highest BCUT2D eigenvalue weighted by atomic mass is 19.1. The number of aromatic nitrogens is 4. The van der Waals surface area contributed by atoms with Crippen molar-refractivity contribution in [1.29, 1.82) is 0 Å². The number of methoxy groups -OCH3 is 1. The number of carbonyl (C=O) groups excluding carboxylic acids is 1. The maximum absolute atomic E-state index is 15.1. The van der Waals surface area contributed by atoms with Crippen LogP contribution in [0.2, 0.25) is 0 Å². The summed E-state index contributed by atoms with van der Waals surface area (Å²) in [5.74, 6) is -0.663. The van der Waals surface area contributed by atoms with Gasteiger partial charge in [0.1, 0.15) is 17.5 Å². The number of rotatable bonds is 6. The summed E-state index contributed by atoms with van der Waals surface area (Å²) in [7, 11) is 1.33. The Morgan fingerprint density at radius 1 is 1.17 bits per heavy atom. The number of piperidine rings is 1. The van der Waals surface area contributed by atoms with Gasteiger partial charge in [0.25, 0.3) is 0 Å². The number of hydrogen-bond donors (Lipinski definition) is 2. The molecule has 4 aromatic rings. The summed E-state index contributed by atoms with van der Waals surface area (Å²) in [5, 5.41) is 7.43. The number of amides is 1. The highest BCUT2D eigenvalue weighted by molar-refractivity contribution is 5.68. The molecule has 0 saturated carbocycles. The largest absolute Gasteiger partial charge is 0.453 e. The van der Waals surface area contributed by atoms with Crippen molar-refractivity contribution >= 4 is 17.3 Å². The van der Waals surface area contributed by atoms with Crippen LogP contribution in [0.25, 0.3) is 16.8 Å². The number of nitrogens with one attached hydrogen (secondary N) is 1. The minimum Gasteiger partial charge on any atom is -0.453 e. The number of alkyl carbamates (subject to hydrolysis) is 1. The molecule has 2 fully saturated rings. The van der Waals surface area contributed by atoms with E-state index >= 15 is 8.78 Å². The molecule has 6 rings (SSSR count). The predicted octanol–water partition coefficient (Wildman–Crippen LogP) is 3.28. The number of imidazole rings is 1. The van der Waals surface area contributed by atoms with Gasteiger partial charge in [-0.25, -0.2) is 23.1 Å². The fraction of sp³-hybridized carbons (Fsp3) is 0.379. The Balaban J connectivity index is 1.28. The molecule has 1 aromatic carbocycles. The third-order valence-corrected chi connectivity index (χ3v) is 7.94. The van der Waals surface area contributed by atoms with Crippen LogP contribution in [0.1, 0.15) is 29.8 Å². The standard InChI is InChI=1S/C29H31F2N7O3/c1-16-12-37(13-23(32)28(16)35-29(39)40-2)25-5-6-33-10-18(25)9-26-34-11-20-3-4-24(36-38(20)26)27-21(30)7-17(8-22(27)31)19-14-41-15-19/h3-8,10-11,16,19,23,28H,9,12-15,32H2,1-2H3,(H,35,39)/t16-,23+,28-/m0/s1. The number of anilines is 1. The summed E-state index contributed by atoms with van der Waals surface area (Å²) in [6.45, 7) is 4.13. The first-order chi connectivity index (χ1) is 19.8. The molecule has 2 aliphatic rings. The van der Waals surface area contributed by atoms with Crippen molar-refractivity contribution in [2.75, 3.05) is 38.3 Å². The average molecular weight is 564 g/mol. The lowest BCUT2D eigenvalue weighted by Crippen LogP contribution is -2.62. The van der Waals surface area contributed by atoms with Crippen molar-refractivity contribution in [3.8, 4) is 11.3 Å². The zero-order valence-electron chi connectivity index (χ0n) is 22.8. The third-order valence-electron chi connectivity index (χ3n) is 7.94. The van der Waals surface area contributed by atoms with Gasteiger partial charge in [-0.2, -0.15) is 5.10 Å². The minimum atomic E-state index is -0.662. The van der Waals surface area contributed by atoms with Gasteiger partial charge in [0, 0.05) is 55.1 Å². The molecule has 3 atom stereocenters. The van der Waals surface area contributed by atoms with Crippen molar-refractivity contribution in [2.45, 2.75) is 31.3 Å². The first-order valence-corrected chi connectivity index (χ1v) is 13.5. The predicted molar refractivity (Wildman–Crippen MR) is 148 cm³/mol. The Hall–Kier alpha value is -4.16. The van der Waals surface area contributed by atoms with Gasteiger partial charge in [0.15, 0.2) is 0 Å². The lowest BCUT2D eigenvalue weighted by Gasteiger charge is -2.42. The lowest BCUT2D eigenvalue weighted by atomic mass is 9.89.